The first-order chi connectivity index (χ1) is 9.00. The second-order valence-electron chi connectivity index (χ2n) is 5.20. The number of amides is 1. The van der Waals surface area contributed by atoms with Crippen molar-refractivity contribution in [2.45, 2.75) is 31.8 Å². The number of halogens is 1. The van der Waals surface area contributed by atoms with Gasteiger partial charge in [0.15, 0.2) is 0 Å². The molecule has 0 spiro atoms. The molecule has 1 aromatic carbocycles. The van der Waals surface area contributed by atoms with Gasteiger partial charge < -0.3 is 15.8 Å². The molecule has 104 valence electrons. The van der Waals surface area contributed by atoms with Crippen LogP contribution in [0.1, 0.15) is 35.7 Å². The fourth-order valence-corrected chi connectivity index (χ4v) is 2.15. The van der Waals surface area contributed by atoms with Crippen LogP contribution >= 0.6 is 0 Å². The first kappa shape index (κ1) is 14.0. The molecule has 0 saturated carbocycles. The zero-order valence-corrected chi connectivity index (χ0v) is 11.0. The second kappa shape index (κ2) is 5.67. The summed E-state index contributed by atoms with van der Waals surface area (Å²) in [5.74, 6) is -1.02. The molecule has 0 bridgehead atoms. The van der Waals surface area contributed by atoms with Gasteiger partial charge in [0.2, 0.25) is 5.91 Å². The lowest BCUT2D eigenvalue weighted by molar-refractivity contribution is 0.0445. The number of primary amides is 1. The molecule has 3 N–H and O–H groups in total. The van der Waals surface area contributed by atoms with Crippen LogP contribution in [0.3, 0.4) is 0 Å². The third-order valence-electron chi connectivity index (χ3n) is 3.64. The summed E-state index contributed by atoms with van der Waals surface area (Å²) in [7, 11) is 0. The SMILES string of the molecule is CC1(NCc2ccc(C(N)=O)cc2F)CCOCC1. The molecule has 19 heavy (non-hydrogen) atoms. The van der Waals surface area contributed by atoms with Crippen molar-refractivity contribution in [1.82, 2.24) is 5.32 Å². The summed E-state index contributed by atoms with van der Waals surface area (Å²) < 4.78 is 19.1. The number of rotatable bonds is 4. The summed E-state index contributed by atoms with van der Waals surface area (Å²) in [5.41, 5.74) is 5.82. The van der Waals surface area contributed by atoms with Gasteiger partial charge in [0.05, 0.1) is 0 Å². The maximum atomic E-state index is 13.8. The molecule has 0 unspecified atom stereocenters. The Bertz CT molecular complexity index is 471. The van der Waals surface area contributed by atoms with Crippen LogP contribution in [-0.2, 0) is 11.3 Å². The predicted octanol–water partition coefficient (Wildman–Crippen LogP) is 1.58. The Kier molecular flexibility index (Phi) is 4.17. The van der Waals surface area contributed by atoms with E-state index >= 15 is 0 Å². The van der Waals surface area contributed by atoms with Crippen LogP contribution in [0.5, 0.6) is 0 Å². The Labute approximate surface area is 112 Å². The predicted molar refractivity (Wildman–Crippen MR) is 70.2 cm³/mol. The first-order valence-electron chi connectivity index (χ1n) is 6.41. The van der Waals surface area contributed by atoms with E-state index < -0.39 is 11.7 Å². The van der Waals surface area contributed by atoms with Crippen LogP contribution in [0.2, 0.25) is 0 Å². The van der Waals surface area contributed by atoms with E-state index in [4.69, 9.17) is 10.5 Å². The van der Waals surface area contributed by atoms with Crippen molar-refractivity contribution in [1.29, 1.82) is 0 Å². The zero-order valence-electron chi connectivity index (χ0n) is 11.0. The molecular weight excluding hydrogens is 247 g/mol. The first-order valence-corrected chi connectivity index (χ1v) is 6.41. The minimum atomic E-state index is -0.616. The lowest BCUT2D eigenvalue weighted by Crippen LogP contribution is -2.46. The van der Waals surface area contributed by atoms with E-state index in [0.717, 1.165) is 26.1 Å². The summed E-state index contributed by atoms with van der Waals surface area (Å²) in [6.45, 7) is 4.01. The number of benzene rings is 1. The minimum Gasteiger partial charge on any atom is -0.381 e. The number of hydrogen-bond donors (Lipinski definition) is 2. The standard InChI is InChI=1S/C14H19FN2O2/c1-14(4-6-19-7-5-14)17-9-11-3-2-10(13(16)18)8-12(11)15/h2-3,8,17H,4-7,9H2,1H3,(H2,16,18). The number of nitrogens with two attached hydrogens (primary N) is 1. The van der Waals surface area contributed by atoms with Gasteiger partial charge >= 0.3 is 0 Å². The molecule has 1 aliphatic rings. The van der Waals surface area contributed by atoms with Gasteiger partial charge in [-0.15, -0.1) is 0 Å². The molecule has 0 atom stereocenters. The van der Waals surface area contributed by atoms with E-state index in [1.54, 1.807) is 12.1 Å². The number of ether oxygens (including phenoxy) is 1. The van der Waals surface area contributed by atoms with Crippen LogP contribution in [0.15, 0.2) is 18.2 Å². The largest absolute Gasteiger partial charge is 0.381 e. The van der Waals surface area contributed by atoms with Crippen molar-refractivity contribution < 1.29 is 13.9 Å². The summed E-state index contributed by atoms with van der Waals surface area (Å²) in [6.07, 6.45) is 1.82. The Morgan fingerprint density at radius 2 is 2.16 bits per heavy atom. The van der Waals surface area contributed by atoms with Gasteiger partial charge in [0.1, 0.15) is 5.82 Å². The normalized spacial score (nSPS) is 18.2. The monoisotopic (exact) mass is 266 g/mol. The molecule has 1 aromatic rings. The van der Waals surface area contributed by atoms with E-state index in [1.165, 1.54) is 6.07 Å². The van der Waals surface area contributed by atoms with Crippen LogP contribution in [0.25, 0.3) is 0 Å². The van der Waals surface area contributed by atoms with Gasteiger partial charge in [-0.3, -0.25) is 4.79 Å². The topological polar surface area (TPSA) is 64.3 Å². The van der Waals surface area contributed by atoms with Crippen LogP contribution < -0.4 is 11.1 Å². The molecular formula is C14H19FN2O2. The van der Waals surface area contributed by atoms with Crippen LogP contribution in [0.4, 0.5) is 4.39 Å². The Morgan fingerprint density at radius 1 is 1.47 bits per heavy atom. The third kappa shape index (κ3) is 3.52. The molecule has 2 rings (SSSR count). The van der Waals surface area contributed by atoms with E-state index in [0.29, 0.717) is 12.1 Å². The molecule has 5 heteroatoms. The molecule has 0 aliphatic carbocycles. The van der Waals surface area contributed by atoms with Crippen molar-refractivity contribution in [3.63, 3.8) is 0 Å². The van der Waals surface area contributed by atoms with Gasteiger partial charge in [-0.05, 0) is 31.9 Å². The van der Waals surface area contributed by atoms with Crippen molar-refractivity contribution in [2.75, 3.05) is 13.2 Å². The van der Waals surface area contributed by atoms with E-state index in [9.17, 15) is 9.18 Å². The fraction of sp³-hybridized carbons (Fsp3) is 0.500. The lowest BCUT2D eigenvalue weighted by Gasteiger charge is -2.34. The summed E-state index contributed by atoms with van der Waals surface area (Å²) in [4.78, 5) is 10.9. The highest BCUT2D eigenvalue weighted by Gasteiger charge is 2.26. The molecule has 1 heterocycles. The lowest BCUT2D eigenvalue weighted by atomic mass is 9.92. The Balaban J connectivity index is 2.01. The van der Waals surface area contributed by atoms with Gasteiger partial charge in [-0.1, -0.05) is 6.07 Å². The smallest absolute Gasteiger partial charge is 0.248 e. The van der Waals surface area contributed by atoms with Crippen molar-refractivity contribution >= 4 is 5.91 Å². The summed E-state index contributed by atoms with van der Waals surface area (Å²) in [6, 6.07) is 4.34. The molecule has 0 radical (unpaired) electrons. The minimum absolute atomic E-state index is 0.0208. The highest BCUT2D eigenvalue weighted by Crippen LogP contribution is 2.21. The zero-order chi connectivity index (χ0) is 13.9. The fourth-order valence-electron chi connectivity index (χ4n) is 2.15. The summed E-state index contributed by atoms with van der Waals surface area (Å²) in [5, 5.41) is 3.37. The maximum Gasteiger partial charge on any atom is 0.248 e. The molecule has 1 aliphatic heterocycles. The quantitative estimate of drug-likeness (QED) is 0.869. The van der Waals surface area contributed by atoms with E-state index in [-0.39, 0.29) is 11.1 Å². The molecule has 1 fully saturated rings. The van der Waals surface area contributed by atoms with Crippen molar-refractivity contribution in [3.05, 3.63) is 35.1 Å². The number of nitrogens with one attached hydrogen (secondary N) is 1. The number of carbonyl (C=O) groups excluding carboxylic acids is 1. The van der Waals surface area contributed by atoms with Crippen LogP contribution in [0, 0.1) is 5.82 Å². The Morgan fingerprint density at radius 3 is 2.74 bits per heavy atom. The van der Waals surface area contributed by atoms with Gasteiger partial charge in [-0.2, -0.15) is 0 Å². The average molecular weight is 266 g/mol. The number of carbonyl (C=O) groups is 1. The van der Waals surface area contributed by atoms with E-state index in [1.807, 2.05) is 0 Å². The third-order valence-corrected chi connectivity index (χ3v) is 3.64. The van der Waals surface area contributed by atoms with Crippen molar-refractivity contribution in [3.8, 4) is 0 Å². The molecule has 0 aromatic heterocycles. The molecule has 1 saturated heterocycles. The van der Waals surface area contributed by atoms with Gasteiger partial charge in [-0.25, -0.2) is 4.39 Å². The Hall–Kier alpha value is -1.46. The second-order valence-corrected chi connectivity index (χ2v) is 5.20. The molecule has 4 nitrogen and oxygen atoms in total. The van der Waals surface area contributed by atoms with Crippen molar-refractivity contribution in [2.24, 2.45) is 5.73 Å². The van der Waals surface area contributed by atoms with Gasteiger partial charge in [0, 0.05) is 36.4 Å². The van der Waals surface area contributed by atoms with E-state index in [2.05, 4.69) is 12.2 Å². The highest BCUT2D eigenvalue weighted by molar-refractivity contribution is 5.92. The number of hydrogen-bond acceptors (Lipinski definition) is 3. The highest BCUT2D eigenvalue weighted by atomic mass is 19.1. The average Bonchev–Trinajstić information content (AvgIpc) is 2.38. The molecule has 1 amide bonds. The van der Waals surface area contributed by atoms with Crippen LogP contribution in [-0.4, -0.2) is 24.7 Å². The summed E-state index contributed by atoms with van der Waals surface area (Å²) >= 11 is 0. The maximum absolute atomic E-state index is 13.8. The van der Waals surface area contributed by atoms with Gasteiger partial charge in [0.25, 0.3) is 0 Å².